The van der Waals surface area contributed by atoms with Gasteiger partial charge < -0.3 is 10.8 Å². The van der Waals surface area contributed by atoms with Crippen LogP contribution in [0, 0.1) is 6.92 Å². The number of aryl methyl sites for hydroxylation is 2. The molecule has 0 amide bonds. The first-order valence-corrected chi connectivity index (χ1v) is 6.18. The summed E-state index contributed by atoms with van der Waals surface area (Å²) in [5.74, 6) is -0.962. The number of aromatic carboxylic acids is 1. The van der Waals surface area contributed by atoms with Gasteiger partial charge in [0.15, 0.2) is 0 Å². The summed E-state index contributed by atoms with van der Waals surface area (Å²) in [6.45, 7) is 11.8. The van der Waals surface area contributed by atoms with Gasteiger partial charge >= 0.3 is 5.97 Å². The predicted octanol–water partition coefficient (Wildman–Crippen LogP) is 3.89. The molecule has 0 bridgehead atoms. The zero-order valence-corrected chi connectivity index (χ0v) is 11.8. The Bertz CT molecular complexity index is 346. The Morgan fingerprint density at radius 3 is 2.06 bits per heavy atom. The number of hydrogen-bond donors (Lipinski definition) is 2. The summed E-state index contributed by atoms with van der Waals surface area (Å²) < 4.78 is 0. The van der Waals surface area contributed by atoms with Gasteiger partial charge in [0.2, 0.25) is 0 Å². The summed E-state index contributed by atoms with van der Waals surface area (Å²) in [6, 6.07) is 3.51. The Balaban J connectivity index is 0. The van der Waals surface area contributed by atoms with Crippen molar-refractivity contribution in [1.82, 2.24) is 0 Å². The zero-order chi connectivity index (χ0) is 14.0. The molecule has 0 saturated heterocycles. The number of nitrogen functional groups attached to an aromatic ring is 1. The van der Waals surface area contributed by atoms with Crippen LogP contribution in [0.1, 0.15) is 56.1 Å². The maximum absolute atomic E-state index is 10.8. The number of anilines is 1. The smallest absolute Gasteiger partial charge is 0.337 e. The number of hydrogen-bond acceptors (Lipinski definition) is 2. The lowest BCUT2D eigenvalue weighted by atomic mass is 10.0. The summed E-state index contributed by atoms with van der Waals surface area (Å²) in [7, 11) is 0. The summed E-state index contributed by atoms with van der Waals surface area (Å²) in [4.78, 5) is 10.8. The third-order valence-electron chi connectivity index (χ3n) is 2.02. The van der Waals surface area contributed by atoms with E-state index < -0.39 is 5.97 Å². The van der Waals surface area contributed by atoms with Gasteiger partial charge in [0.05, 0.1) is 5.56 Å². The molecule has 0 fully saturated rings. The minimum absolute atomic E-state index is 0.205. The molecular weight excluding hydrogens is 214 g/mol. The van der Waals surface area contributed by atoms with Crippen LogP contribution in [0.3, 0.4) is 0 Å². The molecule has 0 unspecified atom stereocenters. The molecule has 0 heterocycles. The molecule has 0 spiro atoms. The molecule has 0 aliphatic rings. The van der Waals surface area contributed by atoms with Gasteiger partial charge in [0.1, 0.15) is 0 Å². The van der Waals surface area contributed by atoms with Crippen molar-refractivity contribution in [2.75, 3.05) is 5.73 Å². The molecule has 1 rings (SSSR count). The Hall–Kier alpha value is -1.51. The number of carbonyl (C=O) groups is 1. The molecule has 0 aromatic heterocycles. The molecule has 3 nitrogen and oxygen atoms in total. The van der Waals surface area contributed by atoms with Crippen LogP contribution in [0.15, 0.2) is 12.1 Å². The van der Waals surface area contributed by atoms with Crippen LogP contribution in [-0.4, -0.2) is 11.1 Å². The second-order valence-corrected chi connectivity index (χ2v) is 3.04. The van der Waals surface area contributed by atoms with Gasteiger partial charge in [-0.05, 0) is 30.5 Å². The van der Waals surface area contributed by atoms with Gasteiger partial charge in [-0.1, -0.05) is 40.7 Å². The van der Waals surface area contributed by atoms with E-state index in [9.17, 15) is 4.79 Å². The Labute approximate surface area is 105 Å². The molecular formula is C14H25NO2. The monoisotopic (exact) mass is 239 g/mol. The largest absolute Gasteiger partial charge is 0.478 e. The summed E-state index contributed by atoms with van der Waals surface area (Å²) >= 11 is 0. The van der Waals surface area contributed by atoms with Gasteiger partial charge in [-0.2, -0.15) is 0 Å². The van der Waals surface area contributed by atoms with Crippen molar-refractivity contribution in [2.24, 2.45) is 0 Å². The van der Waals surface area contributed by atoms with Crippen molar-refractivity contribution >= 4 is 11.7 Å². The van der Waals surface area contributed by atoms with Crippen LogP contribution in [0.25, 0.3) is 0 Å². The van der Waals surface area contributed by atoms with E-state index in [0.29, 0.717) is 5.69 Å². The number of carboxylic acid groups (broad SMARTS) is 1. The van der Waals surface area contributed by atoms with Crippen molar-refractivity contribution in [2.45, 2.75) is 48.0 Å². The first-order valence-electron chi connectivity index (χ1n) is 6.18. The van der Waals surface area contributed by atoms with Crippen LogP contribution in [0.4, 0.5) is 5.69 Å². The van der Waals surface area contributed by atoms with Gasteiger partial charge in [0, 0.05) is 5.69 Å². The summed E-state index contributed by atoms with van der Waals surface area (Å²) in [6.07, 6.45) is 0.758. The van der Waals surface area contributed by atoms with Crippen LogP contribution in [0.2, 0.25) is 0 Å². The fourth-order valence-corrected chi connectivity index (χ4v) is 1.34. The van der Waals surface area contributed by atoms with E-state index in [-0.39, 0.29) is 5.56 Å². The normalized spacial score (nSPS) is 8.35. The van der Waals surface area contributed by atoms with Crippen LogP contribution in [0.5, 0.6) is 0 Å². The number of carboxylic acids is 1. The van der Waals surface area contributed by atoms with E-state index >= 15 is 0 Å². The van der Waals surface area contributed by atoms with Crippen molar-refractivity contribution < 1.29 is 9.90 Å². The first kappa shape index (κ1) is 17.9. The van der Waals surface area contributed by atoms with Crippen LogP contribution >= 0.6 is 0 Å². The summed E-state index contributed by atoms with van der Waals surface area (Å²) in [5, 5.41) is 8.83. The number of nitrogens with two attached hydrogens (primary N) is 1. The van der Waals surface area contributed by atoms with E-state index in [4.69, 9.17) is 10.8 Å². The zero-order valence-electron chi connectivity index (χ0n) is 11.8. The quantitative estimate of drug-likeness (QED) is 0.769. The highest BCUT2D eigenvalue weighted by atomic mass is 16.4. The molecule has 0 radical (unpaired) electrons. The first-order chi connectivity index (χ1) is 8.06. The highest BCUT2D eigenvalue weighted by Gasteiger charge is 2.10. The lowest BCUT2D eigenvalue weighted by molar-refractivity contribution is 0.0698. The Kier molecular flexibility index (Phi) is 10.2. The molecule has 98 valence electrons. The van der Waals surface area contributed by atoms with E-state index in [1.54, 1.807) is 6.07 Å². The third-order valence-corrected chi connectivity index (χ3v) is 2.02. The minimum Gasteiger partial charge on any atom is -0.478 e. The molecule has 0 aliphatic heterocycles. The summed E-state index contributed by atoms with van der Waals surface area (Å²) in [5.41, 5.74) is 8.11. The highest BCUT2D eigenvalue weighted by molar-refractivity contribution is 5.94. The maximum Gasteiger partial charge on any atom is 0.337 e. The van der Waals surface area contributed by atoms with Gasteiger partial charge in [-0.25, -0.2) is 4.79 Å². The fraction of sp³-hybridized carbons (Fsp3) is 0.500. The second kappa shape index (κ2) is 9.70. The molecule has 0 atom stereocenters. The molecule has 0 aliphatic carbocycles. The van der Waals surface area contributed by atoms with Crippen LogP contribution in [-0.2, 0) is 6.42 Å². The Morgan fingerprint density at radius 1 is 1.24 bits per heavy atom. The molecule has 1 aromatic carbocycles. The predicted molar refractivity (Wildman–Crippen MR) is 74.6 cm³/mol. The van der Waals surface area contributed by atoms with E-state index in [0.717, 1.165) is 17.5 Å². The van der Waals surface area contributed by atoms with E-state index in [2.05, 4.69) is 0 Å². The SMILES string of the molecule is CC.CC.CCc1cc(C)cc(C(=O)O)c1N. The Morgan fingerprint density at radius 2 is 1.71 bits per heavy atom. The standard InChI is InChI=1S/C10H13NO2.2C2H6/c1-3-7-4-6(2)5-8(9(7)11)10(12)13;2*1-2/h4-5H,3,11H2,1-2H3,(H,12,13);2*1-2H3. The molecule has 0 saturated carbocycles. The fourth-order valence-electron chi connectivity index (χ4n) is 1.34. The van der Waals surface area contributed by atoms with Crippen molar-refractivity contribution in [3.63, 3.8) is 0 Å². The lowest BCUT2D eigenvalue weighted by Gasteiger charge is -2.07. The average molecular weight is 239 g/mol. The molecule has 17 heavy (non-hydrogen) atoms. The van der Waals surface area contributed by atoms with E-state index in [1.807, 2.05) is 47.6 Å². The second-order valence-electron chi connectivity index (χ2n) is 3.04. The minimum atomic E-state index is -0.962. The molecule has 3 heteroatoms. The van der Waals surface area contributed by atoms with Gasteiger partial charge in [-0.3, -0.25) is 0 Å². The lowest BCUT2D eigenvalue weighted by Crippen LogP contribution is -2.05. The highest BCUT2D eigenvalue weighted by Crippen LogP contribution is 2.20. The van der Waals surface area contributed by atoms with Crippen LogP contribution < -0.4 is 5.73 Å². The molecule has 3 N–H and O–H groups in total. The van der Waals surface area contributed by atoms with Crippen molar-refractivity contribution in [1.29, 1.82) is 0 Å². The van der Waals surface area contributed by atoms with Crippen molar-refractivity contribution in [3.8, 4) is 0 Å². The van der Waals surface area contributed by atoms with E-state index in [1.165, 1.54) is 0 Å². The van der Waals surface area contributed by atoms with Crippen molar-refractivity contribution in [3.05, 3.63) is 28.8 Å². The number of rotatable bonds is 2. The maximum atomic E-state index is 10.8. The number of benzene rings is 1. The average Bonchev–Trinajstić information content (AvgIpc) is 2.36. The van der Waals surface area contributed by atoms with Gasteiger partial charge in [-0.15, -0.1) is 0 Å². The van der Waals surface area contributed by atoms with Gasteiger partial charge in [0.25, 0.3) is 0 Å². The topological polar surface area (TPSA) is 63.3 Å². The molecule has 1 aromatic rings. The third kappa shape index (κ3) is 5.38.